The Hall–Kier alpha value is -2.85. The molecule has 2 aliphatic heterocycles. The highest BCUT2D eigenvalue weighted by atomic mass is 19.3. The number of carbonyl (C=O) groups is 1. The van der Waals surface area contributed by atoms with Crippen LogP contribution in [0.2, 0.25) is 0 Å². The van der Waals surface area contributed by atoms with Gasteiger partial charge in [0.25, 0.3) is 12.3 Å². The number of piperidine rings is 1. The third-order valence-corrected chi connectivity index (χ3v) is 7.36. The zero-order chi connectivity index (χ0) is 26.7. The van der Waals surface area contributed by atoms with E-state index in [0.717, 1.165) is 45.1 Å². The van der Waals surface area contributed by atoms with Gasteiger partial charge in [-0.2, -0.15) is 0 Å². The summed E-state index contributed by atoms with van der Waals surface area (Å²) in [7, 11) is 4.05. The lowest BCUT2D eigenvalue weighted by atomic mass is 10.0. The molecule has 2 aliphatic rings. The second kappa shape index (κ2) is 11.7. The van der Waals surface area contributed by atoms with Gasteiger partial charge in [-0.25, -0.2) is 17.6 Å². The minimum atomic E-state index is -2.96. The molecule has 0 aromatic heterocycles. The zero-order valence-corrected chi connectivity index (χ0v) is 21.5. The molecule has 6 nitrogen and oxygen atoms in total. The molecule has 2 fully saturated rings. The van der Waals surface area contributed by atoms with E-state index in [-0.39, 0.29) is 17.2 Å². The number of carbonyl (C=O) groups excluding carboxylic acids is 1. The molecule has 0 unspecified atom stereocenters. The van der Waals surface area contributed by atoms with Crippen molar-refractivity contribution in [2.75, 3.05) is 63.6 Å². The van der Waals surface area contributed by atoms with E-state index in [4.69, 9.17) is 0 Å². The number of likely N-dealkylation sites (tertiary alicyclic amines) is 1. The molecule has 4 rings (SSSR count). The normalized spacial score (nSPS) is 18.8. The average molecular weight is 522 g/mol. The molecule has 2 aromatic carbocycles. The van der Waals surface area contributed by atoms with Gasteiger partial charge in [-0.3, -0.25) is 4.79 Å². The van der Waals surface area contributed by atoms with Crippen molar-refractivity contribution in [1.82, 2.24) is 15.1 Å². The van der Waals surface area contributed by atoms with Crippen molar-refractivity contribution in [2.24, 2.45) is 0 Å². The van der Waals surface area contributed by atoms with Gasteiger partial charge in [0.1, 0.15) is 11.6 Å². The van der Waals surface area contributed by atoms with Crippen LogP contribution in [0.5, 0.6) is 0 Å². The molecule has 202 valence electrons. The summed E-state index contributed by atoms with van der Waals surface area (Å²) in [4.78, 5) is 19.8. The maximum absolute atomic E-state index is 15.3. The summed E-state index contributed by atoms with van der Waals surface area (Å²) in [6, 6.07) is 5.87. The molecule has 1 atom stereocenters. The van der Waals surface area contributed by atoms with Gasteiger partial charge in [0.05, 0.1) is 28.5 Å². The summed E-state index contributed by atoms with van der Waals surface area (Å²) in [6.45, 7) is 6.10. The first-order valence-corrected chi connectivity index (χ1v) is 12.7. The number of benzene rings is 2. The molecule has 2 N–H and O–H groups in total. The molecule has 2 aromatic rings. The van der Waals surface area contributed by atoms with E-state index in [2.05, 4.69) is 20.4 Å². The van der Waals surface area contributed by atoms with E-state index in [9.17, 15) is 18.0 Å². The summed E-state index contributed by atoms with van der Waals surface area (Å²) in [5, 5.41) is 6.09. The monoisotopic (exact) mass is 521 g/mol. The first-order chi connectivity index (χ1) is 17.6. The molecule has 0 radical (unpaired) electrons. The summed E-state index contributed by atoms with van der Waals surface area (Å²) < 4.78 is 56.5. The second-order valence-electron chi connectivity index (χ2n) is 10.1. The Labute approximate surface area is 215 Å². The predicted molar refractivity (Wildman–Crippen MR) is 137 cm³/mol. The van der Waals surface area contributed by atoms with Crippen molar-refractivity contribution in [1.29, 1.82) is 0 Å². The van der Waals surface area contributed by atoms with Crippen LogP contribution < -0.4 is 15.5 Å². The lowest BCUT2D eigenvalue weighted by molar-refractivity contribution is 0.0940. The molecule has 1 amide bonds. The van der Waals surface area contributed by atoms with Crippen LogP contribution in [0.3, 0.4) is 0 Å². The van der Waals surface area contributed by atoms with E-state index >= 15 is 4.39 Å². The number of nitrogens with zero attached hydrogens (tertiary/aromatic N) is 3. The van der Waals surface area contributed by atoms with Crippen LogP contribution >= 0.6 is 0 Å². The van der Waals surface area contributed by atoms with E-state index in [1.54, 1.807) is 13.0 Å². The van der Waals surface area contributed by atoms with E-state index in [0.29, 0.717) is 24.5 Å². The Balaban J connectivity index is 1.62. The van der Waals surface area contributed by atoms with Crippen LogP contribution in [-0.2, 0) is 0 Å². The molecule has 0 spiro atoms. The minimum Gasteiger partial charge on any atom is -0.381 e. The number of nitrogens with one attached hydrogen (secondary N) is 2. The zero-order valence-electron chi connectivity index (χ0n) is 21.5. The largest absolute Gasteiger partial charge is 0.381 e. The Morgan fingerprint density at radius 1 is 0.946 bits per heavy atom. The van der Waals surface area contributed by atoms with Crippen molar-refractivity contribution >= 4 is 17.3 Å². The standard InChI is InChI=1S/C27H35F4N5O/c1-17(19-5-4-6-20(25(19)29)26(30)31)32-27(37)21-15-24(36-13-11-35(3)12-14-36)22(28)16-23(21)33-18-7-9-34(2)10-8-18/h4-6,15-18,26,33H,7-14H2,1-3H3,(H,32,37)/t17-/m1/s1. The predicted octanol–water partition coefficient (Wildman–Crippen LogP) is 4.65. The smallest absolute Gasteiger partial charge is 0.266 e. The molecule has 37 heavy (non-hydrogen) atoms. The average Bonchev–Trinajstić information content (AvgIpc) is 2.86. The van der Waals surface area contributed by atoms with Gasteiger partial charge in [0, 0.05) is 37.8 Å². The third-order valence-electron chi connectivity index (χ3n) is 7.36. The Kier molecular flexibility index (Phi) is 8.59. The molecule has 0 aliphatic carbocycles. The van der Waals surface area contributed by atoms with Crippen molar-refractivity contribution in [3.8, 4) is 0 Å². The first kappa shape index (κ1) is 27.2. The number of likely N-dealkylation sites (N-methyl/N-ethyl adjacent to an activating group) is 1. The quantitative estimate of drug-likeness (QED) is 0.520. The highest BCUT2D eigenvalue weighted by molar-refractivity contribution is 6.01. The first-order valence-electron chi connectivity index (χ1n) is 12.7. The van der Waals surface area contributed by atoms with E-state index in [1.807, 2.05) is 19.0 Å². The molecule has 0 saturated carbocycles. The van der Waals surface area contributed by atoms with Crippen molar-refractivity contribution in [3.05, 3.63) is 58.7 Å². The highest BCUT2D eigenvalue weighted by Crippen LogP contribution is 2.31. The fourth-order valence-electron chi connectivity index (χ4n) is 4.96. The van der Waals surface area contributed by atoms with Crippen LogP contribution in [0.4, 0.5) is 28.9 Å². The van der Waals surface area contributed by atoms with E-state index < -0.39 is 35.6 Å². The number of hydrogen-bond acceptors (Lipinski definition) is 5. The third kappa shape index (κ3) is 6.35. The molecule has 2 heterocycles. The molecule has 0 bridgehead atoms. The van der Waals surface area contributed by atoms with Crippen LogP contribution in [0.15, 0.2) is 30.3 Å². The number of rotatable bonds is 7. The van der Waals surface area contributed by atoms with Crippen LogP contribution in [0.25, 0.3) is 0 Å². The number of hydrogen-bond donors (Lipinski definition) is 2. The second-order valence-corrected chi connectivity index (χ2v) is 10.1. The van der Waals surface area contributed by atoms with Crippen LogP contribution in [0, 0.1) is 11.6 Å². The number of piperazine rings is 1. The minimum absolute atomic E-state index is 0.0302. The lowest BCUT2D eigenvalue weighted by Crippen LogP contribution is -2.45. The number of alkyl halides is 2. The van der Waals surface area contributed by atoms with Crippen molar-refractivity contribution in [2.45, 2.75) is 38.3 Å². The summed E-state index contributed by atoms with van der Waals surface area (Å²) in [5.74, 6) is -1.98. The fraction of sp³-hybridized carbons (Fsp3) is 0.519. The SMILES string of the molecule is C[C@@H](NC(=O)c1cc(N2CCN(C)CC2)c(F)cc1NC1CCN(C)CC1)c1cccc(C(F)F)c1F. The van der Waals surface area contributed by atoms with Gasteiger partial charge in [0.15, 0.2) is 0 Å². The molecule has 10 heteroatoms. The maximum atomic E-state index is 15.3. The van der Waals surface area contributed by atoms with Gasteiger partial charge < -0.3 is 25.3 Å². The molecule has 2 saturated heterocycles. The topological polar surface area (TPSA) is 50.9 Å². The molecular formula is C27H35F4N5O. The van der Waals surface area contributed by atoms with Crippen molar-refractivity contribution < 1.29 is 22.4 Å². The summed E-state index contributed by atoms with van der Waals surface area (Å²) >= 11 is 0. The summed E-state index contributed by atoms with van der Waals surface area (Å²) in [6.07, 6.45) is -1.26. The van der Waals surface area contributed by atoms with Gasteiger partial charge >= 0.3 is 0 Å². The Morgan fingerprint density at radius 3 is 2.22 bits per heavy atom. The van der Waals surface area contributed by atoms with Crippen molar-refractivity contribution in [3.63, 3.8) is 0 Å². The summed E-state index contributed by atoms with van der Waals surface area (Å²) in [5.41, 5.74) is 0.216. The molecular weight excluding hydrogens is 486 g/mol. The van der Waals surface area contributed by atoms with E-state index in [1.165, 1.54) is 18.2 Å². The van der Waals surface area contributed by atoms with Gasteiger partial charge in [-0.05, 0) is 59.1 Å². The lowest BCUT2D eigenvalue weighted by Gasteiger charge is -2.35. The highest BCUT2D eigenvalue weighted by Gasteiger charge is 2.26. The fourth-order valence-corrected chi connectivity index (χ4v) is 4.96. The Morgan fingerprint density at radius 2 is 1.57 bits per heavy atom. The van der Waals surface area contributed by atoms with Gasteiger partial charge in [0.2, 0.25) is 0 Å². The maximum Gasteiger partial charge on any atom is 0.266 e. The number of anilines is 2. The van der Waals surface area contributed by atoms with Crippen LogP contribution in [0.1, 0.15) is 53.7 Å². The van der Waals surface area contributed by atoms with Gasteiger partial charge in [-0.1, -0.05) is 18.2 Å². The van der Waals surface area contributed by atoms with Gasteiger partial charge in [-0.15, -0.1) is 0 Å². The number of halogens is 4. The Bertz CT molecular complexity index is 1100. The van der Waals surface area contributed by atoms with Crippen LogP contribution in [-0.4, -0.2) is 75.1 Å². The number of amides is 1.